The number of benzene rings is 2. The van der Waals surface area contributed by atoms with Gasteiger partial charge in [-0.25, -0.2) is 24.7 Å². The minimum atomic E-state index is -1.28. The Balaban J connectivity index is 1.53. The summed E-state index contributed by atoms with van der Waals surface area (Å²) >= 11 is 0. The predicted octanol–water partition coefficient (Wildman–Crippen LogP) is 3.07. The van der Waals surface area contributed by atoms with Crippen LogP contribution in [-0.2, 0) is 6.54 Å². The van der Waals surface area contributed by atoms with Gasteiger partial charge in [0.05, 0.1) is 18.1 Å². The number of aromatic hydroxyl groups is 1. The molecule has 0 aliphatic heterocycles. The van der Waals surface area contributed by atoms with Crippen LogP contribution in [0.3, 0.4) is 0 Å². The highest BCUT2D eigenvalue weighted by molar-refractivity contribution is 5.90. The van der Waals surface area contributed by atoms with E-state index in [4.69, 9.17) is 11.0 Å². The van der Waals surface area contributed by atoms with E-state index in [2.05, 4.69) is 25.3 Å². The second kappa shape index (κ2) is 8.99. The third-order valence-corrected chi connectivity index (χ3v) is 4.72. The monoisotopic (exact) mass is 439 g/mol. The molecule has 0 unspecified atom stereocenters. The van der Waals surface area contributed by atoms with E-state index in [1.165, 1.54) is 6.20 Å². The van der Waals surface area contributed by atoms with Crippen LogP contribution in [0.2, 0.25) is 0 Å². The van der Waals surface area contributed by atoms with Gasteiger partial charge < -0.3 is 21.3 Å². The smallest absolute Gasteiger partial charge is 0.358 e. The maximum atomic E-state index is 11.4. The molecule has 5 N–H and O–H groups in total. The highest BCUT2D eigenvalue weighted by Gasteiger charge is 2.15. The number of hydrogen-bond donors (Lipinski definition) is 4. The minimum Gasteiger partial charge on any atom is -0.508 e. The van der Waals surface area contributed by atoms with Crippen molar-refractivity contribution in [2.24, 2.45) is 0 Å². The molecule has 0 atom stereocenters. The summed E-state index contributed by atoms with van der Waals surface area (Å²) in [7, 11) is 0. The first-order valence-corrected chi connectivity index (χ1v) is 9.70. The fourth-order valence-corrected chi connectivity index (χ4v) is 3.10. The third-order valence-electron chi connectivity index (χ3n) is 4.72. The number of aromatic carboxylic acids is 1. The molecule has 33 heavy (non-hydrogen) atoms. The van der Waals surface area contributed by atoms with E-state index in [-0.39, 0.29) is 28.8 Å². The van der Waals surface area contributed by atoms with Crippen LogP contribution in [-0.4, -0.2) is 36.1 Å². The van der Waals surface area contributed by atoms with Crippen molar-refractivity contribution in [1.82, 2.24) is 19.9 Å². The zero-order chi connectivity index (χ0) is 23.4. The van der Waals surface area contributed by atoms with Crippen LogP contribution < -0.4 is 11.1 Å². The molecule has 10 heteroatoms. The van der Waals surface area contributed by atoms with Gasteiger partial charge in [-0.2, -0.15) is 5.26 Å². The average molecular weight is 439 g/mol. The van der Waals surface area contributed by atoms with Crippen LogP contribution >= 0.6 is 0 Å². The first-order valence-electron chi connectivity index (χ1n) is 9.70. The highest BCUT2D eigenvalue weighted by atomic mass is 16.4. The number of carbonyl (C=O) groups is 1. The van der Waals surface area contributed by atoms with Crippen LogP contribution in [0.15, 0.2) is 60.9 Å². The maximum Gasteiger partial charge on any atom is 0.358 e. The van der Waals surface area contributed by atoms with Crippen LogP contribution in [0.5, 0.6) is 5.75 Å². The number of phenols is 1. The van der Waals surface area contributed by atoms with Gasteiger partial charge in [0, 0.05) is 17.7 Å². The number of hydrogen-bond acceptors (Lipinski definition) is 9. The third kappa shape index (κ3) is 4.67. The largest absolute Gasteiger partial charge is 0.508 e. The molecule has 0 saturated carbocycles. The predicted molar refractivity (Wildman–Crippen MR) is 120 cm³/mol. The van der Waals surface area contributed by atoms with Crippen molar-refractivity contribution in [3.8, 4) is 34.3 Å². The molecule has 2 aromatic carbocycles. The number of aromatic nitrogens is 4. The van der Waals surface area contributed by atoms with E-state index in [1.807, 2.05) is 24.3 Å². The number of nitriles is 1. The number of phenolic OH excluding ortho intramolecular Hbond substituents is 1. The van der Waals surface area contributed by atoms with Gasteiger partial charge in [0.25, 0.3) is 0 Å². The van der Waals surface area contributed by atoms with E-state index in [9.17, 15) is 15.0 Å². The van der Waals surface area contributed by atoms with E-state index >= 15 is 0 Å². The number of anilines is 2. The number of nitrogens with two attached hydrogens (primary N) is 1. The van der Waals surface area contributed by atoms with Crippen LogP contribution in [0.4, 0.5) is 11.6 Å². The normalized spacial score (nSPS) is 10.4. The van der Waals surface area contributed by atoms with Gasteiger partial charge in [-0.1, -0.05) is 36.4 Å². The summed E-state index contributed by atoms with van der Waals surface area (Å²) in [5, 5.41) is 30.8. The van der Waals surface area contributed by atoms with Gasteiger partial charge in [-0.15, -0.1) is 0 Å². The number of rotatable bonds is 6. The fraction of sp³-hybridized carbons (Fsp3) is 0.0435. The topological polar surface area (TPSA) is 171 Å². The van der Waals surface area contributed by atoms with Crippen LogP contribution in [0.25, 0.3) is 22.5 Å². The second-order valence-corrected chi connectivity index (χ2v) is 6.96. The minimum absolute atomic E-state index is 0.0722. The molecule has 162 valence electrons. The van der Waals surface area contributed by atoms with Crippen LogP contribution in [0.1, 0.15) is 21.7 Å². The summed E-state index contributed by atoms with van der Waals surface area (Å²) in [6.07, 6.45) is 2.78. The van der Waals surface area contributed by atoms with Gasteiger partial charge in [-0.05, 0) is 17.7 Å². The molecule has 0 aliphatic rings. The first kappa shape index (κ1) is 21.2. The molecule has 0 radical (unpaired) electrons. The zero-order valence-electron chi connectivity index (χ0n) is 17.1. The summed E-state index contributed by atoms with van der Waals surface area (Å²) in [6, 6.07) is 15.8. The summed E-state index contributed by atoms with van der Waals surface area (Å²) in [5.74, 6) is -0.843. The zero-order valence-corrected chi connectivity index (χ0v) is 17.1. The number of nitrogens with zero attached hydrogens (tertiary/aromatic N) is 5. The lowest BCUT2D eigenvalue weighted by atomic mass is 10.1. The van der Waals surface area contributed by atoms with Crippen molar-refractivity contribution in [3.05, 3.63) is 77.9 Å². The molecular formula is C23H17N7O3. The Morgan fingerprint density at radius 1 is 1.06 bits per heavy atom. The molecule has 0 amide bonds. The quantitative estimate of drug-likeness (QED) is 0.350. The van der Waals surface area contributed by atoms with E-state index in [0.29, 0.717) is 23.5 Å². The van der Waals surface area contributed by atoms with Crippen molar-refractivity contribution in [2.75, 3.05) is 11.1 Å². The molecule has 0 bridgehead atoms. The van der Waals surface area contributed by atoms with Gasteiger partial charge in [0.15, 0.2) is 17.2 Å². The Morgan fingerprint density at radius 3 is 2.55 bits per heavy atom. The lowest BCUT2D eigenvalue weighted by Gasteiger charge is -2.10. The summed E-state index contributed by atoms with van der Waals surface area (Å²) in [6.45, 7) is 0.295. The standard InChI is InChI=1S/C23H17N7O3/c24-9-16-11-28-22(20(29-16)23(32)33)27-10-13-4-6-14(7-5-13)18-12-26-21(25)19(30-18)15-2-1-3-17(31)8-15/h1-8,11-12,31H,10H2,(H2,25,26)(H,27,28)(H,32,33). The number of nitrogens with one attached hydrogen (secondary N) is 1. The average Bonchev–Trinajstić information content (AvgIpc) is 2.83. The molecule has 0 saturated heterocycles. The fourth-order valence-electron chi connectivity index (χ4n) is 3.10. The molecule has 2 heterocycles. The molecule has 2 aromatic heterocycles. The van der Waals surface area contributed by atoms with Crippen LogP contribution in [0, 0.1) is 11.3 Å². The molecular weight excluding hydrogens is 422 g/mol. The van der Waals surface area contributed by atoms with Gasteiger partial charge >= 0.3 is 5.97 Å². The molecule has 4 aromatic rings. The first-order chi connectivity index (χ1) is 15.9. The molecule has 0 aliphatic carbocycles. The Kier molecular flexibility index (Phi) is 5.77. The second-order valence-electron chi connectivity index (χ2n) is 6.96. The van der Waals surface area contributed by atoms with Gasteiger partial charge in [0.1, 0.15) is 23.3 Å². The van der Waals surface area contributed by atoms with Gasteiger partial charge in [0.2, 0.25) is 0 Å². The molecule has 0 fully saturated rings. The van der Waals surface area contributed by atoms with Crippen molar-refractivity contribution >= 4 is 17.6 Å². The Labute approximate surface area is 188 Å². The summed E-state index contributed by atoms with van der Waals surface area (Å²) in [5.41, 5.74) is 8.98. The van der Waals surface area contributed by atoms with Gasteiger partial charge in [-0.3, -0.25) is 0 Å². The van der Waals surface area contributed by atoms with E-state index < -0.39 is 5.97 Å². The van der Waals surface area contributed by atoms with Crippen molar-refractivity contribution in [1.29, 1.82) is 5.26 Å². The Hall–Kier alpha value is -5.04. The summed E-state index contributed by atoms with van der Waals surface area (Å²) < 4.78 is 0. The molecule has 0 spiro atoms. The summed E-state index contributed by atoms with van der Waals surface area (Å²) in [4.78, 5) is 28.0. The van der Waals surface area contributed by atoms with Crippen molar-refractivity contribution < 1.29 is 15.0 Å². The van der Waals surface area contributed by atoms with Crippen molar-refractivity contribution in [2.45, 2.75) is 6.54 Å². The highest BCUT2D eigenvalue weighted by Crippen LogP contribution is 2.28. The van der Waals surface area contributed by atoms with E-state index in [0.717, 1.165) is 11.1 Å². The maximum absolute atomic E-state index is 11.4. The Morgan fingerprint density at radius 2 is 1.85 bits per heavy atom. The number of carboxylic acid groups (broad SMARTS) is 1. The lowest BCUT2D eigenvalue weighted by molar-refractivity contribution is 0.0691. The van der Waals surface area contributed by atoms with E-state index in [1.54, 1.807) is 36.5 Å². The molecule has 4 rings (SSSR count). The number of nitrogen functional groups attached to an aromatic ring is 1. The number of carboxylic acids is 1. The SMILES string of the molecule is N#Cc1cnc(NCc2ccc(-c3cnc(N)c(-c4cccc(O)c4)n3)cc2)c(C(=O)O)n1. The molecule has 10 nitrogen and oxygen atoms in total. The lowest BCUT2D eigenvalue weighted by Crippen LogP contribution is -2.11. The Bertz CT molecular complexity index is 1380. The van der Waals surface area contributed by atoms with Crippen molar-refractivity contribution in [3.63, 3.8) is 0 Å².